The minimum atomic E-state index is -1.32. The highest BCUT2D eigenvalue weighted by Gasteiger charge is 2.13. The third-order valence-electron chi connectivity index (χ3n) is 3.59. The van der Waals surface area contributed by atoms with E-state index in [2.05, 4.69) is 15.3 Å². The number of pyridine rings is 1. The van der Waals surface area contributed by atoms with Gasteiger partial charge in [0.05, 0.1) is 11.8 Å². The average molecular weight is 361 g/mol. The number of fused-ring (bicyclic) bond motifs is 1. The summed E-state index contributed by atoms with van der Waals surface area (Å²) in [6, 6.07) is 4.42. The lowest BCUT2D eigenvalue weighted by Crippen LogP contribution is -2.27. The summed E-state index contributed by atoms with van der Waals surface area (Å²) >= 11 is 6.06. The second-order valence-corrected chi connectivity index (χ2v) is 5.79. The molecule has 8 nitrogen and oxygen atoms in total. The predicted octanol–water partition coefficient (Wildman–Crippen LogP) is 1.39. The van der Waals surface area contributed by atoms with Crippen molar-refractivity contribution in [3.05, 3.63) is 63.4 Å². The lowest BCUT2D eigenvalue weighted by molar-refractivity contribution is -0.121. The molecule has 3 N–H and O–H groups in total. The Labute approximate surface area is 146 Å². The zero-order chi connectivity index (χ0) is 18.0. The van der Waals surface area contributed by atoms with Gasteiger partial charge in [0.25, 0.3) is 5.56 Å². The molecule has 0 unspecified atom stereocenters. The molecule has 3 aromatic rings. The van der Waals surface area contributed by atoms with Crippen LogP contribution in [-0.4, -0.2) is 31.5 Å². The van der Waals surface area contributed by atoms with E-state index >= 15 is 0 Å². The molecule has 0 saturated carbocycles. The van der Waals surface area contributed by atoms with Crippen LogP contribution in [0, 0.1) is 0 Å². The summed E-state index contributed by atoms with van der Waals surface area (Å²) < 4.78 is 1.62. The first-order chi connectivity index (χ1) is 11.9. The van der Waals surface area contributed by atoms with Gasteiger partial charge in [-0.3, -0.25) is 9.59 Å². The summed E-state index contributed by atoms with van der Waals surface area (Å²) in [7, 11) is 0. The third kappa shape index (κ3) is 3.69. The van der Waals surface area contributed by atoms with Gasteiger partial charge in [-0.15, -0.1) is 0 Å². The van der Waals surface area contributed by atoms with Crippen LogP contribution < -0.4 is 10.9 Å². The molecule has 128 valence electrons. The Hall–Kier alpha value is -3.13. The number of H-pyrrole nitrogens is 1. The molecule has 2 aromatic heterocycles. The molecule has 0 aliphatic heterocycles. The van der Waals surface area contributed by atoms with E-state index in [4.69, 9.17) is 16.7 Å². The Bertz CT molecular complexity index is 1010. The molecule has 0 saturated heterocycles. The van der Waals surface area contributed by atoms with Crippen molar-refractivity contribution < 1.29 is 14.7 Å². The average Bonchev–Trinajstić information content (AvgIpc) is 3.05. The molecule has 3 rings (SSSR count). The fraction of sp³-hybridized carbons (Fsp3) is 0.125. The van der Waals surface area contributed by atoms with Crippen LogP contribution in [0.5, 0.6) is 0 Å². The zero-order valence-corrected chi connectivity index (χ0v) is 13.6. The topological polar surface area (TPSA) is 117 Å². The van der Waals surface area contributed by atoms with Gasteiger partial charge < -0.3 is 20.0 Å². The summed E-state index contributed by atoms with van der Waals surface area (Å²) in [6.45, 7) is 0.241. The normalized spacial score (nSPS) is 10.8. The van der Waals surface area contributed by atoms with Gasteiger partial charge in [-0.05, 0) is 23.8 Å². The van der Waals surface area contributed by atoms with E-state index in [-0.39, 0.29) is 24.6 Å². The number of benzene rings is 1. The van der Waals surface area contributed by atoms with E-state index < -0.39 is 11.5 Å². The van der Waals surface area contributed by atoms with Crippen LogP contribution in [0.3, 0.4) is 0 Å². The maximum Gasteiger partial charge on any atom is 0.341 e. The molecule has 25 heavy (non-hydrogen) atoms. The molecule has 0 fully saturated rings. The molecule has 2 heterocycles. The number of hydrogen-bond acceptors (Lipinski definition) is 4. The number of carbonyl (C=O) groups excluding carboxylic acids is 1. The van der Waals surface area contributed by atoms with Gasteiger partial charge >= 0.3 is 5.97 Å². The largest absolute Gasteiger partial charge is 0.477 e. The number of rotatable bonds is 5. The predicted molar refractivity (Wildman–Crippen MR) is 90.6 cm³/mol. The van der Waals surface area contributed by atoms with Gasteiger partial charge in [-0.1, -0.05) is 11.6 Å². The monoisotopic (exact) mass is 360 g/mol. The number of imidazole rings is 1. The Morgan fingerprint density at radius 2 is 2.12 bits per heavy atom. The highest BCUT2D eigenvalue weighted by molar-refractivity contribution is 6.31. The number of nitrogens with zero attached hydrogens (tertiary/aromatic N) is 2. The van der Waals surface area contributed by atoms with Crippen LogP contribution in [0.15, 0.2) is 41.7 Å². The first-order valence-corrected chi connectivity index (χ1v) is 7.63. The molecule has 0 radical (unpaired) electrons. The first kappa shape index (κ1) is 16.7. The highest BCUT2D eigenvalue weighted by Crippen LogP contribution is 2.22. The van der Waals surface area contributed by atoms with Crippen molar-refractivity contribution in [2.75, 3.05) is 0 Å². The standard InChI is InChI=1S/C16H13ClN4O4/c17-11-3-9-5-12(16(24)25)15(23)20-14(9)10(4-11)6-19-13(22)7-21-2-1-18-8-21/h1-5,8H,6-7H2,(H,19,22)(H,20,23)(H,24,25). The number of carboxylic acid groups (broad SMARTS) is 1. The van der Waals surface area contributed by atoms with E-state index in [0.717, 1.165) is 0 Å². The quantitative estimate of drug-likeness (QED) is 0.635. The van der Waals surface area contributed by atoms with Gasteiger partial charge in [0.15, 0.2) is 0 Å². The van der Waals surface area contributed by atoms with Crippen molar-refractivity contribution in [1.82, 2.24) is 19.9 Å². The van der Waals surface area contributed by atoms with E-state index in [0.29, 0.717) is 21.5 Å². The molecule has 0 atom stereocenters. The van der Waals surface area contributed by atoms with Crippen LogP contribution in [0.25, 0.3) is 10.9 Å². The van der Waals surface area contributed by atoms with Crippen LogP contribution in [0.2, 0.25) is 5.02 Å². The zero-order valence-electron chi connectivity index (χ0n) is 12.8. The van der Waals surface area contributed by atoms with Gasteiger partial charge in [0.2, 0.25) is 5.91 Å². The number of carbonyl (C=O) groups is 2. The van der Waals surface area contributed by atoms with Crippen LogP contribution in [0.4, 0.5) is 0 Å². The van der Waals surface area contributed by atoms with E-state index in [1.807, 2.05) is 0 Å². The summed E-state index contributed by atoms with van der Waals surface area (Å²) in [4.78, 5) is 41.4. The first-order valence-electron chi connectivity index (χ1n) is 7.25. The maximum absolute atomic E-state index is 12.0. The molecule has 1 amide bonds. The number of aromatic nitrogens is 3. The van der Waals surface area contributed by atoms with Crippen LogP contribution in [0.1, 0.15) is 15.9 Å². The van der Waals surface area contributed by atoms with Crippen molar-refractivity contribution >= 4 is 34.4 Å². The number of hydrogen-bond donors (Lipinski definition) is 3. The third-order valence-corrected chi connectivity index (χ3v) is 3.81. The molecule has 1 aromatic carbocycles. The molecular formula is C16H13ClN4O4. The summed E-state index contributed by atoms with van der Waals surface area (Å²) in [6.07, 6.45) is 4.76. The molecule has 0 bridgehead atoms. The van der Waals surface area contributed by atoms with Crippen molar-refractivity contribution in [2.45, 2.75) is 13.1 Å². The van der Waals surface area contributed by atoms with E-state index in [1.165, 1.54) is 12.4 Å². The minimum Gasteiger partial charge on any atom is -0.477 e. The minimum absolute atomic E-state index is 0.109. The number of aromatic carboxylic acids is 1. The molecular weight excluding hydrogens is 348 g/mol. The van der Waals surface area contributed by atoms with Gasteiger partial charge in [-0.25, -0.2) is 9.78 Å². The number of carboxylic acids is 1. The van der Waals surface area contributed by atoms with Crippen LogP contribution >= 0.6 is 11.6 Å². The van der Waals surface area contributed by atoms with Gasteiger partial charge in [0.1, 0.15) is 12.1 Å². The fourth-order valence-corrected chi connectivity index (χ4v) is 2.70. The van der Waals surface area contributed by atoms with Crippen LogP contribution in [-0.2, 0) is 17.9 Å². The second-order valence-electron chi connectivity index (χ2n) is 5.36. The number of aromatic amines is 1. The Balaban J connectivity index is 1.88. The molecule has 0 aliphatic rings. The summed E-state index contributed by atoms with van der Waals surface area (Å²) in [5, 5.41) is 12.6. The van der Waals surface area contributed by atoms with Gasteiger partial charge in [-0.2, -0.15) is 0 Å². The van der Waals surface area contributed by atoms with Crippen molar-refractivity contribution in [2.24, 2.45) is 0 Å². The van der Waals surface area contributed by atoms with Crippen molar-refractivity contribution in [3.63, 3.8) is 0 Å². The lowest BCUT2D eigenvalue weighted by Gasteiger charge is -2.10. The Morgan fingerprint density at radius 3 is 2.80 bits per heavy atom. The Morgan fingerprint density at radius 1 is 1.32 bits per heavy atom. The maximum atomic E-state index is 12.0. The molecule has 9 heteroatoms. The second kappa shape index (κ2) is 6.78. The van der Waals surface area contributed by atoms with Crippen molar-refractivity contribution in [1.29, 1.82) is 0 Å². The number of nitrogens with one attached hydrogen (secondary N) is 2. The molecule has 0 aliphatic carbocycles. The van der Waals surface area contributed by atoms with Gasteiger partial charge in [0, 0.05) is 29.3 Å². The summed E-state index contributed by atoms with van der Waals surface area (Å²) in [5.41, 5.74) is -0.0731. The van der Waals surface area contributed by atoms with Crippen molar-refractivity contribution in [3.8, 4) is 0 Å². The van der Waals surface area contributed by atoms with E-state index in [1.54, 1.807) is 29.1 Å². The number of halogens is 1. The van der Waals surface area contributed by atoms with E-state index in [9.17, 15) is 14.4 Å². The fourth-order valence-electron chi connectivity index (χ4n) is 2.45. The highest BCUT2D eigenvalue weighted by atomic mass is 35.5. The molecule has 0 spiro atoms. The summed E-state index contributed by atoms with van der Waals surface area (Å²) in [5.74, 6) is -1.56. The Kier molecular flexibility index (Phi) is 4.53. The lowest BCUT2D eigenvalue weighted by atomic mass is 10.1. The smallest absolute Gasteiger partial charge is 0.341 e. The SMILES string of the molecule is O=C(Cn1ccnc1)NCc1cc(Cl)cc2cc(C(=O)O)c(=O)[nH]c12. The number of amides is 1.